The molecule has 1 aromatic rings. The Morgan fingerprint density at radius 3 is 3.05 bits per heavy atom. The molecule has 1 aliphatic rings. The highest BCUT2D eigenvalue weighted by Gasteiger charge is 2.45. The lowest BCUT2D eigenvalue weighted by Gasteiger charge is -2.25. The molecule has 0 aromatic heterocycles. The van der Waals surface area contributed by atoms with Crippen LogP contribution in [-0.2, 0) is 4.79 Å². The summed E-state index contributed by atoms with van der Waals surface area (Å²) in [7, 11) is 0. The highest BCUT2D eigenvalue weighted by Crippen LogP contribution is 2.33. The molecular weight excluding hydrogens is 249 g/mol. The van der Waals surface area contributed by atoms with E-state index in [1.807, 2.05) is 6.92 Å². The lowest BCUT2D eigenvalue weighted by Crippen LogP contribution is -2.50. The summed E-state index contributed by atoms with van der Waals surface area (Å²) in [5.74, 6) is -0.756. The van der Waals surface area contributed by atoms with E-state index in [4.69, 9.17) is 4.74 Å². The number of rotatable bonds is 5. The summed E-state index contributed by atoms with van der Waals surface area (Å²) in [6.07, 6.45) is 1.37. The maximum Gasteiger partial charge on any atom is 0.324 e. The third kappa shape index (κ3) is 3.04. The molecule has 0 bridgehead atoms. The fourth-order valence-corrected chi connectivity index (χ4v) is 2.60. The molecule has 5 heteroatoms. The number of carbonyl (C=O) groups is 1. The van der Waals surface area contributed by atoms with Crippen LogP contribution in [0.1, 0.15) is 26.2 Å². The molecule has 1 fully saturated rings. The number of carboxylic acid groups (broad SMARTS) is 1. The van der Waals surface area contributed by atoms with E-state index >= 15 is 0 Å². The summed E-state index contributed by atoms with van der Waals surface area (Å²) in [4.78, 5) is 11.4. The SMILES string of the molecule is CCNC1(C(=O)O)CCC(Oc2cccc(F)c2)C1. The van der Waals surface area contributed by atoms with Crippen LogP contribution in [0.25, 0.3) is 0 Å². The predicted molar refractivity (Wildman–Crippen MR) is 68.7 cm³/mol. The van der Waals surface area contributed by atoms with Crippen molar-refractivity contribution < 1.29 is 19.0 Å². The highest BCUT2D eigenvalue weighted by molar-refractivity contribution is 5.79. The Morgan fingerprint density at radius 1 is 1.63 bits per heavy atom. The van der Waals surface area contributed by atoms with Gasteiger partial charge in [-0.2, -0.15) is 0 Å². The van der Waals surface area contributed by atoms with Crippen molar-refractivity contribution in [3.8, 4) is 5.75 Å². The molecule has 104 valence electrons. The Balaban J connectivity index is 2.03. The van der Waals surface area contributed by atoms with Crippen LogP contribution < -0.4 is 10.1 Å². The van der Waals surface area contributed by atoms with Gasteiger partial charge in [0.1, 0.15) is 23.2 Å². The first kappa shape index (κ1) is 13.8. The molecule has 1 aromatic carbocycles. The monoisotopic (exact) mass is 267 g/mol. The summed E-state index contributed by atoms with van der Waals surface area (Å²) >= 11 is 0. The summed E-state index contributed by atoms with van der Waals surface area (Å²) in [5.41, 5.74) is -0.910. The van der Waals surface area contributed by atoms with Gasteiger partial charge in [-0.3, -0.25) is 4.79 Å². The molecule has 2 atom stereocenters. The fourth-order valence-electron chi connectivity index (χ4n) is 2.60. The van der Waals surface area contributed by atoms with Gasteiger partial charge in [0.15, 0.2) is 0 Å². The van der Waals surface area contributed by atoms with Gasteiger partial charge in [-0.25, -0.2) is 4.39 Å². The summed E-state index contributed by atoms with van der Waals surface area (Å²) in [5, 5.41) is 12.4. The molecule has 2 rings (SSSR count). The molecule has 2 unspecified atom stereocenters. The third-order valence-corrected chi connectivity index (χ3v) is 3.49. The van der Waals surface area contributed by atoms with Gasteiger partial charge in [0, 0.05) is 12.5 Å². The van der Waals surface area contributed by atoms with E-state index in [2.05, 4.69) is 5.32 Å². The first-order valence-corrected chi connectivity index (χ1v) is 6.46. The van der Waals surface area contributed by atoms with Crippen molar-refractivity contribution in [1.82, 2.24) is 5.32 Å². The molecule has 0 heterocycles. The minimum atomic E-state index is -0.910. The Hall–Kier alpha value is -1.62. The first-order valence-electron chi connectivity index (χ1n) is 6.46. The van der Waals surface area contributed by atoms with E-state index in [0.29, 0.717) is 31.6 Å². The largest absolute Gasteiger partial charge is 0.490 e. The number of halogens is 1. The van der Waals surface area contributed by atoms with Gasteiger partial charge in [-0.1, -0.05) is 13.0 Å². The summed E-state index contributed by atoms with van der Waals surface area (Å²) in [6, 6.07) is 5.92. The molecule has 0 aliphatic heterocycles. The van der Waals surface area contributed by atoms with Crippen LogP contribution in [0.3, 0.4) is 0 Å². The van der Waals surface area contributed by atoms with Crippen molar-refractivity contribution in [3.05, 3.63) is 30.1 Å². The van der Waals surface area contributed by atoms with Crippen molar-refractivity contribution in [1.29, 1.82) is 0 Å². The summed E-state index contributed by atoms with van der Waals surface area (Å²) < 4.78 is 18.7. The van der Waals surface area contributed by atoms with Gasteiger partial charge >= 0.3 is 5.97 Å². The molecule has 1 saturated carbocycles. The molecular formula is C14H18FNO3. The molecule has 0 radical (unpaired) electrons. The second-order valence-corrected chi connectivity index (χ2v) is 4.86. The van der Waals surface area contributed by atoms with Gasteiger partial charge in [-0.05, 0) is 31.5 Å². The minimum absolute atomic E-state index is 0.197. The van der Waals surface area contributed by atoms with E-state index in [0.717, 1.165) is 0 Å². The van der Waals surface area contributed by atoms with Crippen LogP contribution in [0, 0.1) is 5.82 Å². The molecule has 1 aliphatic carbocycles. The highest BCUT2D eigenvalue weighted by atomic mass is 19.1. The van der Waals surface area contributed by atoms with E-state index in [-0.39, 0.29) is 11.9 Å². The zero-order valence-corrected chi connectivity index (χ0v) is 10.9. The summed E-state index contributed by atoms with van der Waals surface area (Å²) in [6.45, 7) is 2.48. The van der Waals surface area contributed by atoms with Crippen LogP contribution in [0.4, 0.5) is 4.39 Å². The Labute approximate surface area is 111 Å². The van der Waals surface area contributed by atoms with Crippen LogP contribution in [0.15, 0.2) is 24.3 Å². The lowest BCUT2D eigenvalue weighted by atomic mass is 9.98. The molecule has 2 N–H and O–H groups in total. The van der Waals surface area contributed by atoms with Crippen molar-refractivity contribution in [3.63, 3.8) is 0 Å². The first-order chi connectivity index (χ1) is 9.05. The average molecular weight is 267 g/mol. The molecule has 0 spiro atoms. The van der Waals surface area contributed by atoms with E-state index in [9.17, 15) is 14.3 Å². The van der Waals surface area contributed by atoms with E-state index in [1.165, 1.54) is 12.1 Å². The zero-order chi connectivity index (χ0) is 13.9. The second-order valence-electron chi connectivity index (χ2n) is 4.86. The molecule has 0 saturated heterocycles. The lowest BCUT2D eigenvalue weighted by molar-refractivity contribution is -0.144. The topological polar surface area (TPSA) is 58.6 Å². The van der Waals surface area contributed by atoms with E-state index in [1.54, 1.807) is 12.1 Å². The quantitative estimate of drug-likeness (QED) is 0.858. The Bertz CT molecular complexity index is 466. The Kier molecular flexibility index (Phi) is 4.04. The standard InChI is InChI=1S/C14H18FNO3/c1-2-16-14(13(17)18)7-6-12(9-14)19-11-5-3-4-10(15)8-11/h3-5,8,12,16H,2,6-7,9H2,1H3,(H,17,18). The van der Waals surface area contributed by atoms with Crippen molar-refractivity contribution in [2.75, 3.05) is 6.54 Å². The number of likely N-dealkylation sites (N-methyl/N-ethyl adjacent to an activating group) is 1. The average Bonchev–Trinajstić information content (AvgIpc) is 2.74. The number of hydrogen-bond donors (Lipinski definition) is 2. The van der Waals surface area contributed by atoms with Crippen LogP contribution in [0.5, 0.6) is 5.75 Å². The van der Waals surface area contributed by atoms with Crippen LogP contribution >= 0.6 is 0 Å². The predicted octanol–water partition coefficient (Wildman–Crippen LogP) is 2.19. The van der Waals surface area contributed by atoms with Gasteiger partial charge < -0.3 is 15.2 Å². The minimum Gasteiger partial charge on any atom is -0.490 e. The molecule has 4 nitrogen and oxygen atoms in total. The number of hydrogen-bond acceptors (Lipinski definition) is 3. The zero-order valence-electron chi connectivity index (χ0n) is 10.9. The second kappa shape index (κ2) is 5.57. The number of nitrogens with one attached hydrogen (secondary N) is 1. The Morgan fingerprint density at radius 2 is 2.42 bits per heavy atom. The fraction of sp³-hybridized carbons (Fsp3) is 0.500. The van der Waals surface area contributed by atoms with Gasteiger partial charge in [0.05, 0.1) is 0 Å². The van der Waals surface area contributed by atoms with Crippen LogP contribution in [-0.4, -0.2) is 29.3 Å². The normalized spacial score (nSPS) is 26.3. The third-order valence-electron chi connectivity index (χ3n) is 3.49. The maximum absolute atomic E-state index is 13.1. The van der Waals surface area contributed by atoms with Crippen molar-refractivity contribution in [2.45, 2.75) is 37.8 Å². The number of aliphatic carboxylic acids is 1. The van der Waals surface area contributed by atoms with Crippen molar-refractivity contribution >= 4 is 5.97 Å². The maximum atomic E-state index is 13.1. The number of ether oxygens (including phenoxy) is 1. The van der Waals surface area contributed by atoms with Crippen LogP contribution in [0.2, 0.25) is 0 Å². The van der Waals surface area contributed by atoms with E-state index < -0.39 is 11.5 Å². The van der Waals surface area contributed by atoms with Crippen molar-refractivity contribution in [2.24, 2.45) is 0 Å². The van der Waals surface area contributed by atoms with Gasteiger partial charge in [0.2, 0.25) is 0 Å². The smallest absolute Gasteiger partial charge is 0.324 e. The van der Waals surface area contributed by atoms with Gasteiger partial charge in [0.25, 0.3) is 0 Å². The molecule has 0 amide bonds. The van der Waals surface area contributed by atoms with Gasteiger partial charge in [-0.15, -0.1) is 0 Å². The number of carboxylic acids is 1. The number of benzene rings is 1. The molecule has 19 heavy (non-hydrogen) atoms.